The number of hydrogen-bond donors (Lipinski definition) is 0. The molecular formula is C18H20N4. The highest BCUT2D eigenvalue weighted by Crippen LogP contribution is 2.39. The summed E-state index contributed by atoms with van der Waals surface area (Å²) in [7, 11) is 2.01. The molecule has 4 nitrogen and oxygen atoms in total. The molecule has 3 aromatic rings. The number of para-hydroxylation sites is 1. The molecule has 1 saturated heterocycles. The largest absolute Gasteiger partial charge is 0.364 e. The number of pyridine rings is 1. The van der Waals surface area contributed by atoms with Crippen LogP contribution in [0.4, 0.5) is 5.69 Å². The van der Waals surface area contributed by atoms with Crippen LogP contribution in [0.3, 0.4) is 0 Å². The quantitative estimate of drug-likeness (QED) is 0.723. The average Bonchev–Trinajstić information content (AvgIpc) is 3.14. The highest BCUT2D eigenvalue weighted by atomic mass is 15.3. The van der Waals surface area contributed by atoms with Crippen molar-refractivity contribution >= 4 is 16.6 Å². The Kier molecular flexibility index (Phi) is 3.10. The molecule has 1 unspecified atom stereocenters. The van der Waals surface area contributed by atoms with Gasteiger partial charge < -0.3 is 4.90 Å². The Bertz CT molecular complexity index is 816. The first-order chi connectivity index (χ1) is 10.8. The van der Waals surface area contributed by atoms with Gasteiger partial charge in [0, 0.05) is 42.1 Å². The molecule has 1 aliphatic heterocycles. The van der Waals surface area contributed by atoms with Crippen LogP contribution in [-0.4, -0.2) is 21.3 Å². The fraction of sp³-hybridized carbons (Fsp3) is 0.333. The van der Waals surface area contributed by atoms with Gasteiger partial charge in [-0.2, -0.15) is 5.10 Å². The minimum absolute atomic E-state index is 0.416. The van der Waals surface area contributed by atoms with Crippen molar-refractivity contribution < 1.29 is 0 Å². The summed E-state index contributed by atoms with van der Waals surface area (Å²) in [6.45, 7) is 3.25. The number of aryl methyl sites for hydroxylation is 1. The van der Waals surface area contributed by atoms with Crippen molar-refractivity contribution in [2.75, 3.05) is 11.4 Å². The molecule has 22 heavy (non-hydrogen) atoms. The van der Waals surface area contributed by atoms with E-state index in [1.165, 1.54) is 35.2 Å². The SMILES string of the molecule is Cc1c(C2CCCN2c2ccnc3ccccc23)cnn1C. The third kappa shape index (κ3) is 1.98. The van der Waals surface area contributed by atoms with Crippen molar-refractivity contribution in [1.82, 2.24) is 14.8 Å². The molecule has 1 aliphatic rings. The second-order valence-corrected chi connectivity index (χ2v) is 6.01. The first-order valence-corrected chi connectivity index (χ1v) is 7.84. The van der Waals surface area contributed by atoms with E-state index >= 15 is 0 Å². The molecule has 0 spiro atoms. The van der Waals surface area contributed by atoms with Gasteiger partial charge in [-0.15, -0.1) is 0 Å². The molecule has 4 rings (SSSR count). The van der Waals surface area contributed by atoms with Crippen molar-refractivity contribution in [3.05, 3.63) is 54.0 Å². The van der Waals surface area contributed by atoms with E-state index in [1.54, 1.807) is 0 Å². The highest BCUT2D eigenvalue weighted by Gasteiger charge is 2.29. The first-order valence-electron chi connectivity index (χ1n) is 7.84. The van der Waals surface area contributed by atoms with E-state index in [1.807, 2.05) is 30.2 Å². The number of rotatable bonds is 2. The number of nitrogens with zero attached hydrogens (tertiary/aromatic N) is 4. The molecule has 1 aromatic carbocycles. The minimum atomic E-state index is 0.416. The molecular weight excluding hydrogens is 272 g/mol. The molecule has 1 fully saturated rings. The molecule has 0 amide bonds. The van der Waals surface area contributed by atoms with E-state index in [9.17, 15) is 0 Å². The lowest BCUT2D eigenvalue weighted by Crippen LogP contribution is -2.23. The predicted molar refractivity (Wildman–Crippen MR) is 89.0 cm³/mol. The smallest absolute Gasteiger partial charge is 0.0722 e. The Morgan fingerprint density at radius 2 is 2.05 bits per heavy atom. The van der Waals surface area contributed by atoms with Gasteiger partial charge in [0.2, 0.25) is 0 Å². The van der Waals surface area contributed by atoms with Crippen LogP contribution in [0.2, 0.25) is 0 Å². The number of fused-ring (bicyclic) bond motifs is 1. The lowest BCUT2D eigenvalue weighted by molar-refractivity contribution is 0.700. The van der Waals surface area contributed by atoms with E-state index in [4.69, 9.17) is 0 Å². The third-order valence-electron chi connectivity index (χ3n) is 4.82. The zero-order chi connectivity index (χ0) is 15.1. The molecule has 3 heterocycles. The van der Waals surface area contributed by atoms with Crippen molar-refractivity contribution in [1.29, 1.82) is 0 Å². The second-order valence-electron chi connectivity index (χ2n) is 6.01. The van der Waals surface area contributed by atoms with Gasteiger partial charge in [-0.3, -0.25) is 9.67 Å². The maximum absolute atomic E-state index is 4.49. The summed E-state index contributed by atoms with van der Waals surface area (Å²) in [5, 5.41) is 5.66. The van der Waals surface area contributed by atoms with E-state index in [0.717, 1.165) is 12.1 Å². The van der Waals surface area contributed by atoms with Crippen LogP contribution in [0.15, 0.2) is 42.7 Å². The average molecular weight is 292 g/mol. The molecule has 0 N–H and O–H groups in total. The van der Waals surface area contributed by atoms with Gasteiger partial charge in [-0.05, 0) is 31.9 Å². The second kappa shape index (κ2) is 5.13. The van der Waals surface area contributed by atoms with Crippen LogP contribution in [0.25, 0.3) is 10.9 Å². The summed E-state index contributed by atoms with van der Waals surface area (Å²) in [6.07, 6.45) is 6.35. The van der Waals surface area contributed by atoms with Crippen LogP contribution in [0.1, 0.15) is 30.1 Å². The fourth-order valence-electron chi connectivity index (χ4n) is 3.55. The molecule has 4 heteroatoms. The third-order valence-corrected chi connectivity index (χ3v) is 4.82. The lowest BCUT2D eigenvalue weighted by atomic mass is 10.0. The minimum Gasteiger partial charge on any atom is -0.364 e. The Balaban J connectivity index is 1.82. The summed E-state index contributed by atoms with van der Waals surface area (Å²) < 4.78 is 1.97. The van der Waals surface area contributed by atoms with Crippen molar-refractivity contribution in [2.24, 2.45) is 7.05 Å². The molecule has 0 aliphatic carbocycles. The summed E-state index contributed by atoms with van der Waals surface area (Å²) in [6, 6.07) is 11.0. The van der Waals surface area contributed by atoms with Gasteiger partial charge in [0.1, 0.15) is 0 Å². The molecule has 0 radical (unpaired) electrons. The summed E-state index contributed by atoms with van der Waals surface area (Å²) >= 11 is 0. The van der Waals surface area contributed by atoms with Crippen LogP contribution in [0.5, 0.6) is 0 Å². The van der Waals surface area contributed by atoms with E-state index in [-0.39, 0.29) is 0 Å². The zero-order valence-electron chi connectivity index (χ0n) is 13.0. The van der Waals surface area contributed by atoms with Crippen LogP contribution < -0.4 is 4.90 Å². The topological polar surface area (TPSA) is 34.0 Å². The summed E-state index contributed by atoms with van der Waals surface area (Å²) in [5.41, 5.74) is 4.96. The molecule has 0 saturated carbocycles. The number of anilines is 1. The Labute approximate surface area is 130 Å². The fourth-order valence-corrected chi connectivity index (χ4v) is 3.55. The van der Waals surface area contributed by atoms with Crippen LogP contribution >= 0.6 is 0 Å². The van der Waals surface area contributed by atoms with E-state index in [2.05, 4.69) is 46.2 Å². The van der Waals surface area contributed by atoms with Gasteiger partial charge in [-0.25, -0.2) is 0 Å². The standard InChI is InChI=1S/C18H20N4/c1-13-15(12-20-21(13)2)17-8-5-11-22(17)18-9-10-19-16-7-4-3-6-14(16)18/h3-4,6-7,9-10,12,17H,5,8,11H2,1-2H3. The van der Waals surface area contributed by atoms with Gasteiger partial charge >= 0.3 is 0 Å². The zero-order valence-corrected chi connectivity index (χ0v) is 13.0. The Morgan fingerprint density at radius 3 is 2.86 bits per heavy atom. The maximum atomic E-state index is 4.49. The Hall–Kier alpha value is -2.36. The normalized spacial score (nSPS) is 18.3. The van der Waals surface area contributed by atoms with Gasteiger partial charge in [0.15, 0.2) is 0 Å². The summed E-state index contributed by atoms with van der Waals surface area (Å²) in [5.74, 6) is 0. The first kappa shape index (κ1) is 13.3. The van der Waals surface area contributed by atoms with E-state index < -0.39 is 0 Å². The lowest BCUT2D eigenvalue weighted by Gasteiger charge is -2.28. The van der Waals surface area contributed by atoms with Crippen LogP contribution in [-0.2, 0) is 7.05 Å². The maximum Gasteiger partial charge on any atom is 0.0722 e. The van der Waals surface area contributed by atoms with Gasteiger partial charge in [0.05, 0.1) is 17.8 Å². The van der Waals surface area contributed by atoms with Crippen molar-refractivity contribution in [2.45, 2.75) is 25.8 Å². The molecule has 112 valence electrons. The molecule has 0 bridgehead atoms. The molecule has 2 aromatic heterocycles. The monoisotopic (exact) mass is 292 g/mol. The van der Waals surface area contributed by atoms with Crippen molar-refractivity contribution in [3.8, 4) is 0 Å². The van der Waals surface area contributed by atoms with Gasteiger partial charge in [0.25, 0.3) is 0 Å². The predicted octanol–water partition coefficient (Wildman–Crippen LogP) is 3.62. The number of benzene rings is 1. The van der Waals surface area contributed by atoms with Crippen LogP contribution in [0, 0.1) is 6.92 Å². The molecule has 1 atom stereocenters. The number of hydrogen-bond acceptors (Lipinski definition) is 3. The van der Waals surface area contributed by atoms with Gasteiger partial charge in [-0.1, -0.05) is 18.2 Å². The summed E-state index contributed by atoms with van der Waals surface area (Å²) in [4.78, 5) is 7.01. The van der Waals surface area contributed by atoms with E-state index in [0.29, 0.717) is 6.04 Å². The number of aromatic nitrogens is 3. The van der Waals surface area contributed by atoms with Crippen molar-refractivity contribution in [3.63, 3.8) is 0 Å². The highest BCUT2D eigenvalue weighted by molar-refractivity contribution is 5.91. The Morgan fingerprint density at radius 1 is 1.18 bits per heavy atom.